The Morgan fingerprint density at radius 3 is 2.72 bits per heavy atom. The highest BCUT2D eigenvalue weighted by molar-refractivity contribution is 6.06. The lowest BCUT2D eigenvalue weighted by Gasteiger charge is -2.35. The standard InChI is InChI=1S/C14H18N2O2/c1-4-11-14(18)15-8-13(17)16(11)12-7-9(2)5-6-10(12)3/h5-7,11H,4,8H2,1-3H3,(H,15,18). The summed E-state index contributed by atoms with van der Waals surface area (Å²) in [7, 11) is 0. The van der Waals surface area contributed by atoms with Gasteiger partial charge in [0.2, 0.25) is 11.8 Å². The Labute approximate surface area is 107 Å². The predicted octanol–water partition coefficient (Wildman–Crippen LogP) is 1.54. The van der Waals surface area contributed by atoms with E-state index in [1.807, 2.05) is 39.0 Å². The number of nitrogens with zero attached hydrogens (tertiary/aromatic N) is 1. The fourth-order valence-electron chi connectivity index (χ4n) is 2.31. The van der Waals surface area contributed by atoms with Crippen LogP contribution in [0.5, 0.6) is 0 Å². The second-order valence-electron chi connectivity index (χ2n) is 4.70. The van der Waals surface area contributed by atoms with Crippen molar-refractivity contribution >= 4 is 17.5 Å². The molecule has 1 N–H and O–H groups in total. The molecule has 1 aliphatic rings. The van der Waals surface area contributed by atoms with E-state index in [0.717, 1.165) is 16.8 Å². The van der Waals surface area contributed by atoms with Gasteiger partial charge in [0.15, 0.2) is 0 Å². The molecule has 0 saturated carbocycles. The lowest BCUT2D eigenvalue weighted by atomic mass is 10.0. The molecule has 1 fully saturated rings. The highest BCUT2D eigenvalue weighted by Gasteiger charge is 2.34. The Hall–Kier alpha value is -1.84. The maximum atomic E-state index is 12.1. The highest BCUT2D eigenvalue weighted by atomic mass is 16.2. The molecule has 0 aliphatic carbocycles. The molecule has 0 spiro atoms. The molecule has 1 atom stereocenters. The van der Waals surface area contributed by atoms with Crippen molar-refractivity contribution in [3.05, 3.63) is 29.3 Å². The number of amides is 2. The summed E-state index contributed by atoms with van der Waals surface area (Å²) in [5.41, 5.74) is 2.95. The van der Waals surface area contributed by atoms with E-state index in [9.17, 15) is 9.59 Å². The third-order valence-corrected chi connectivity index (χ3v) is 3.31. The Morgan fingerprint density at radius 2 is 2.06 bits per heavy atom. The van der Waals surface area contributed by atoms with E-state index in [4.69, 9.17) is 0 Å². The molecule has 1 saturated heterocycles. The number of nitrogens with one attached hydrogen (secondary N) is 1. The van der Waals surface area contributed by atoms with E-state index in [1.54, 1.807) is 4.90 Å². The van der Waals surface area contributed by atoms with Gasteiger partial charge in [0.05, 0.1) is 6.54 Å². The van der Waals surface area contributed by atoms with Gasteiger partial charge in [0, 0.05) is 5.69 Å². The fraction of sp³-hybridized carbons (Fsp3) is 0.429. The highest BCUT2D eigenvalue weighted by Crippen LogP contribution is 2.26. The SMILES string of the molecule is CCC1C(=O)NCC(=O)N1c1cc(C)ccc1C. The molecule has 4 nitrogen and oxygen atoms in total. The maximum absolute atomic E-state index is 12.1. The fourth-order valence-corrected chi connectivity index (χ4v) is 2.31. The van der Waals surface area contributed by atoms with E-state index in [-0.39, 0.29) is 18.4 Å². The molecule has 96 valence electrons. The average molecular weight is 246 g/mol. The zero-order valence-electron chi connectivity index (χ0n) is 11.0. The van der Waals surface area contributed by atoms with Gasteiger partial charge in [-0.2, -0.15) is 0 Å². The van der Waals surface area contributed by atoms with Gasteiger partial charge < -0.3 is 5.32 Å². The van der Waals surface area contributed by atoms with E-state index in [1.165, 1.54) is 0 Å². The summed E-state index contributed by atoms with van der Waals surface area (Å²) >= 11 is 0. The van der Waals surface area contributed by atoms with Crippen LogP contribution in [0.3, 0.4) is 0 Å². The number of aryl methyl sites for hydroxylation is 2. The molecule has 1 heterocycles. The van der Waals surface area contributed by atoms with Crippen molar-refractivity contribution < 1.29 is 9.59 Å². The minimum Gasteiger partial charge on any atom is -0.345 e. The first-order chi connectivity index (χ1) is 8.54. The minimum absolute atomic E-state index is 0.0462. The monoisotopic (exact) mass is 246 g/mol. The van der Waals surface area contributed by atoms with Crippen molar-refractivity contribution in [3.8, 4) is 0 Å². The third kappa shape index (κ3) is 2.10. The predicted molar refractivity (Wildman–Crippen MR) is 70.5 cm³/mol. The van der Waals surface area contributed by atoms with Crippen LogP contribution in [0, 0.1) is 13.8 Å². The van der Waals surface area contributed by atoms with Crippen LogP contribution >= 0.6 is 0 Å². The third-order valence-electron chi connectivity index (χ3n) is 3.31. The molecule has 2 amide bonds. The number of carbonyl (C=O) groups is 2. The van der Waals surface area contributed by atoms with Crippen LogP contribution in [-0.4, -0.2) is 24.4 Å². The van der Waals surface area contributed by atoms with Crippen LogP contribution in [-0.2, 0) is 9.59 Å². The number of benzene rings is 1. The normalized spacial score (nSPS) is 19.9. The molecule has 18 heavy (non-hydrogen) atoms. The summed E-state index contributed by atoms with van der Waals surface area (Å²) in [6.45, 7) is 5.95. The van der Waals surface area contributed by atoms with Gasteiger partial charge in [-0.05, 0) is 37.5 Å². The zero-order chi connectivity index (χ0) is 13.3. The Kier molecular flexibility index (Phi) is 3.36. The Morgan fingerprint density at radius 1 is 1.33 bits per heavy atom. The summed E-state index contributed by atoms with van der Waals surface area (Å²) in [5.74, 6) is -0.117. The van der Waals surface area contributed by atoms with Crippen molar-refractivity contribution in [2.45, 2.75) is 33.2 Å². The van der Waals surface area contributed by atoms with Gasteiger partial charge in [0.1, 0.15) is 6.04 Å². The summed E-state index contributed by atoms with van der Waals surface area (Å²) in [4.78, 5) is 25.6. The minimum atomic E-state index is -0.397. The van der Waals surface area contributed by atoms with Crippen molar-refractivity contribution in [2.75, 3.05) is 11.4 Å². The second-order valence-corrected chi connectivity index (χ2v) is 4.70. The number of hydrogen-bond acceptors (Lipinski definition) is 2. The molecule has 1 unspecified atom stereocenters. The first-order valence-electron chi connectivity index (χ1n) is 6.21. The summed E-state index contributed by atoms with van der Waals surface area (Å²) in [6, 6.07) is 5.56. The number of rotatable bonds is 2. The van der Waals surface area contributed by atoms with Crippen LogP contribution in [0.25, 0.3) is 0 Å². The lowest BCUT2D eigenvalue weighted by Crippen LogP contribution is -2.58. The molecule has 0 bridgehead atoms. The quantitative estimate of drug-likeness (QED) is 0.860. The first-order valence-corrected chi connectivity index (χ1v) is 6.21. The van der Waals surface area contributed by atoms with Gasteiger partial charge in [-0.15, -0.1) is 0 Å². The van der Waals surface area contributed by atoms with E-state index in [2.05, 4.69) is 5.32 Å². The van der Waals surface area contributed by atoms with E-state index < -0.39 is 6.04 Å². The molecule has 1 aromatic carbocycles. The average Bonchev–Trinajstić information content (AvgIpc) is 2.35. The first kappa shape index (κ1) is 12.6. The molecule has 2 rings (SSSR count). The van der Waals surface area contributed by atoms with Crippen molar-refractivity contribution in [3.63, 3.8) is 0 Å². The zero-order valence-corrected chi connectivity index (χ0v) is 11.0. The lowest BCUT2D eigenvalue weighted by molar-refractivity contribution is -0.131. The van der Waals surface area contributed by atoms with Gasteiger partial charge >= 0.3 is 0 Å². The Balaban J connectivity index is 2.47. The number of carbonyl (C=O) groups excluding carboxylic acids is 2. The number of hydrogen-bond donors (Lipinski definition) is 1. The molecular weight excluding hydrogens is 228 g/mol. The van der Waals surface area contributed by atoms with Crippen LogP contribution in [0.15, 0.2) is 18.2 Å². The number of piperazine rings is 1. The van der Waals surface area contributed by atoms with Crippen LogP contribution in [0.1, 0.15) is 24.5 Å². The van der Waals surface area contributed by atoms with E-state index >= 15 is 0 Å². The summed E-state index contributed by atoms with van der Waals surface area (Å²) < 4.78 is 0. The Bertz CT molecular complexity index is 497. The molecule has 1 aliphatic heterocycles. The van der Waals surface area contributed by atoms with Crippen LogP contribution in [0.4, 0.5) is 5.69 Å². The molecule has 0 aromatic heterocycles. The van der Waals surface area contributed by atoms with E-state index in [0.29, 0.717) is 6.42 Å². The van der Waals surface area contributed by atoms with Gasteiger partial charge in [-0.1, -0.05) is 19.1 Å². The molecular formula is C14H18N2O2. The van der Waals surface area contributed by atoms with Crippen molar-refractivity contribution in [1.82, 2.24) is 5.32 Å². The van der Waals surface area contributed by atoms with Gasteiger partial charge in [0.25, 0.3) is 0 Å². The van der Waals surface area contributed by atoms with Crippen LogP contribution in [0.2, 0.25) is 0 Å². The molecule has 4 heteroatoms. The van der Waals surface area contributed by atoms with Crippen molar-refractivity contribution in [1.29, 1.82) is 0 Å². The topological polar surface area (TPSA) is 49.4 Å². The van der Waals surface area contributed by atoms with Crippen LogP contribution < -0.4 is 10.2 Å². The van der Waals surface area contributed by atoms with Gasteiger partial charge in [-0.3, -0.25) is 14.5 Å². The summed E-state index contributed by atoms with van der Waals surface area (Å²) in [5, 5.41) is 2.64. The summed E-state index contributed by atoms with van der Waals surface area (Å²) in [6.07, 6.45) is 0.616. The molecule has 0 radical (unpaired) electrons. The largest absolute Gasteiger partial charge is 0.345 e. The number of anilines is 1. The smallest absolute Gasteiger partial charge is 0.247 e. The van der Waals surface area contributed by atoms with Crippen molar-refractivity contribution in [2.24, 2.45) is 0 Å². The molecule has 1 aromatic rings. The maximum Gasteiger partial charge on any atom is 0.247 e. The van der Waals surface area contributed by atoms with Gasteiger partial charge in [-0.25, -0.2) is 0 Å². The second kappa shape index (κ2) is 4.80.